The van der Waals surface area contributed by atoms with Crippen LogP contribution < -0.4 is 0 Å². The first kappa shape index (κ1) is 8.82. The molecule has 0 bridgehead atoms. The molecule has 0 aromatic carbocycles. The van der Waals surface area contributed by atoms with Crippen LogP contribution in [0.25, 0.3) is 0 Å². The van der Waals surface area contributed by atoms with Gasteiger partial charge in [0.1, 0.15) is 0 Å². The number of hydrogen-bond acceptors (Lipinski definition) is 2. The molecule has 0 aliphatic carbocycles. The standard InChI is InChI=1S/C6H11O2S/c1-2-9-5-3-4-6(7)8/h4H,2-3,5H2,1H3,(H,7,8). The summed E-state index contributed by atoms with van der Waals surface area (Å²) in [5.41, 5.74) is 0. The number of carboxylic acid groups (broad SMARTS) is 1. The van der Waals surface area contributed by atoms with E-state index < -0.39 is 5.97 Å². The van der Waals surface area contributed by atoms with Crippen LogP contribution in [0.2, 0.25) is 0 Å². The molecule has 1 radical (unpaired) electrons. The second kappa shape index (κ2) is 5.95. The SMILES string of the molecule is CCSCC[CH]C(=O)O. The molecule has 0 fully saturated rings. The summed E-state index contributed by atoms with van der Waals surface area (Å²) < 4.78 is 0. The fourth-order valence-electron chi connectivity index (χ4n) is 0.410. The molecule has 0 rings (SSSR count). The quantitative estimate of drug-likeness (QED) is 0.597. The number of aliphatic carboxylic acids is 1. The summed E-state index contributed by atoms with van der Waals surface area (Å²) in [6.45, 7) is 2.06. The molecule has 0 saturated heterocycles. The van der Waals surface area contributed by atoms with Gasteiger partial charge in [-0.2, -0.15) is 11.8 Å². The number of thioether (sulfide) groups is 1. The topological polar surface area (TPSA) is 37.3 Å². The molecule has 1 N–H and O–H groups in total. The van der Waals surface area contributed by atoms with Gasteiger partial charge in [-0.1, -0.05) is 6.92 Å². The van der Waals surface area contributed by atoms with Crippen LogP contribution in [0.1, 0.15) is 13.3 Å². The fraction of sp³-hybridized carbons (Fsp3) is 0.667. The highest BCUT2D eigenvalue weighted by Crippen LogP contribution is 2.01. The first-order valence-corrected chi connectivity index (χ1v) is 4.06. The van der Waals surface area contributed by atoms with Crippen molar-refractivity contribution < 1.29 is 9.90 Å². The lowest BCUT2D eigenvalue weighted by molar-refractivity contribution is -0.133. The zero-order valence-corrected chi connectivity index (χ0v) is 6.28. The Bertz CT molecular complexity index is 83.1. The number of hydrogen-bond donors (Lipinski definition) is 1. The highest BCUT2D eigenvalue weighted by atomic mass is 32.2. The maximum Gasteiger partial charge on any atom is 0.307 e. The van der Waals surface area contributed by atoms with Gasteiger partial charge in [0.25, 0.3) is 0 Å². The molecule has 0 saturated carbocycles. The average molecular weight is 147 g/mol. The van der Waals surface area contributed by atoms with Crippen molar-refractivity contribution in [2.75, 3.05) is 11.5 Å². The predicted octanol–water partition coefficient (Wildman–Crippen LogP) is 1.42. The molecule has 3 heteroatoms. The smallest absolute Gasteiger partial charge is 0.307 e. The van der Waals surface area contributed by atoms with Crippen molar-refractivity contribution in [3.8, 4) is 0 Å². The zero-order valence-electron chi connectivity index (χ0n) is 5.46. The van der Waals surface area contributed by atoms with Crippen LogP contribution in [0.3, 0.4) is 0 Å². The van der Waals surface area contributed by atoms with E-state index in [4.69, 9.17) is 5.11 Å². The average Bonchev–Trinajstić information content (AvgIpc) is 1.80. The normalized spacial score (nSPS) is 9.44. The van der Waals surface area contributed by atoms with Gasteiger partial charge < -0.3 is 5.11 Å². The Labute approximate surface area is 59.6 Å². The Morgan fingerprint density at radius 3 is 2.89 bits per heavy atom. The Morgan fingerprint density at radius 2 is 2.44 bits per heavy atom. The van der Waals surface area contributed by atoms with Gasteiger partial charge in [0.2, 0.25) is 0 Å². The molecule has 0 aromatic rings. The molecule has 0 atom stereocenters. The van der Waals surface area contributed by atoms with Crippen LogP contribution in [0.4, 0.5) is 0 Å². The van der Waals surface area contributed by atoms with Crippen molar-refractivity contribution in [1.82, 2.24) is 0 Å². The van der Waals surface area contributed by atoms with Crippen molar-refractivity contribution in [3.05, 3.63) is 6.42 Å². The van der Waals surface area contributed by atoms with Crippen LogP contribution in [-0.4, -0.2) is 22.6 Å². The number of carboxylic acids is 1. The number of carbonyl (C=O) groups is 1. The predicted molar refractivity (Wildman–Crippen MR) is 39.6 cm³/mol. The van der Waals surface area contributed by atoms with Gasteiger partial charge in [0.15, 0.2) is 0 Å². The van der Waals surface area contributed by atoms with E-state index >= 15 is 0 Å². The third-order valence-corrected chi connectivity index (χ3v) is 1.72. The molecule has 53 valence electrons. The molecule has 0 amide bonds. The first-order chi connectivity index (χ1) is 4.27. The van der Waals surface area contributed by atoms with Gasteiger partial charge in [0.05, 0.1) is 6.42 Å². The van der Waals surface area contributed by atoms with Crippen molar-refractivity contribution in [2.45, 2.75) is 13.3 Å². The maximum atomic E-state index is 9.90. The van der Waals surface area contributed by atoms with Gasteiger partial charge in [-0.25, -0.2) is 0 Å². The van der Waals surface area contributed by atoms with Gasteiger partial charge in [0, 0.05) is 0 Å². The lowest BCUT2D eigenvalue weighted by Gasteiger charge is -1.92. The lowest BCUT2D eigenvalue weighted by Crippen LogP contribution is -1.95. The molecule has 0 aromatic heterocycles. The summed E-state index contributed by atoms with van der Waals surface area (Å²) in [6.07, 6.45) is 1.97. The lowest BCUT2D eigenvalue weighted by atomic mass is 10.3. The maximum absolute atomic E-state index is 9.90. The Hall–Kier alpha value is -0.180. The molecule has 0 spiro atoms. The minimum absolute atomic E-state index is 0.674. The summed E-state index contributed by atoms with van der Waals surface area (Å²) in [7, 11) is 0. The third kappa shape index (κ3) is 7.82. The minimum Gasteiger partial charge on any atom is -0.481 e. The van der Waals surface area contributed by atoms with E-state index in [0.717, 1.165) is 11.5 Å². The Kier molecular flexibility index (Phi) is 5.83. The zero-order chi connectivity index (χ0) is 7.11. The van der Waals surface area contributed by atoms with Crippen LogP contribution >= 0.6 is 11.8 Å². The Morgan fingerprint density at radius 1 is 1.78 bits per heavy atom. The second-order valence-electron chi connectivity index (χ2n) is 1.53. The molecule has 0 aliphatic heterocycles. The monoisotopic (exact) mass is 147 g/mol. The molecule has 0 aliphatic rings. The van der Waals surface area contributed by atoms with Crippen LogP contribution in [0, 0.1) is 6.42 Å². The largest absolute Gasteiger partial charge is 0.481 e. The van der Waals surface area contributed by atoms with E-state index in [0.29, 0.717) is 6.42 Å². The molecular weight excluding hydrogens is 136 g/mol. The highest BCUT2D eigenvalue weighted by molar-refractivity contribution is 7.99. The van der Waals surface area contributed by atoms with Crippen molar-refractivity contribution in [3.63, 3.8) is 0 Å². The molecule has 0 unspecified atom stereocenters. The van der Waals surface area contributed by atoms with Gasteiger partial charge in [-0.3, -0.25) is 4.79 Å². The van der Waals surface area contributed by atoms with Crippen molar-refractivity contribution in [2.24, 2.45) is 0 Å². The fourth-order valence-corrected chi connectivity index (χ4v) is 0.983. The highest BCUT2D eigenvalue weighted by Gasteiger charge is 1.94. The number of rotatable bonds is 5. The molecule has 2 nitrogen and oxygen atoms in total. The molecular formula is C6H11O2S. The van der Waals surface area contributed by atoms with Crippen LogP contribution in [-0.2, 0) is 4.79 Å². The van der Waals surface area contributed by atoms with Crippen molar-refractivity contribution in [1.29, 1.82) is 0 Å². The van der Waals surface area contributed by atoms with E-state index in [1.54, 1.807) is 11.8 Å². The van der Waals surface area contributed by atoms with Gasteiger partial charge >= 0.3 is 5.97 Å². The second-order valence-corrected chi connectivity index (χ2v) is 2.92. The third-order valence-electron chi connectivity index (χ3n) is 0.785. The van der Waals surface area contributed by atoms with E-state index in [1.165, 1.54) is 6.42 Å². The first-order valence-electron chi connectivity index (χ1n) is 2.91. The van der Waals surface area contributed by atoms with E-state index in [-0.39, 0.29) is 0 Å². The van der Waals surface area contributed by atoms with E-state index in [9.17, 15) is 4.79 Å². The van der Waals surface area contributed by atoms with Crippen molar-refractivity contribution >= 4 is 17.7 Å². The Balaban J connectivity index is 2.83. The summed E-state index contributed by atoms with van der Waals surface area (Å²) in [5, 5.41) is 8.15. The summed E-state index contributed by atoms with van der Waals surface area (Å²) >= 11 is 1.76. The van der Waals surface area contributed by atoms with Gasteiger partial charge in [-0.15, -0.1) is 0 Å². The summed E-state index contributed by atoms with van der Waals surface area (Å²) in [4.78, 5) is 9.90. The molecule has 9 heavy (non-hydrogen) atoms. The van der Waals surface area contributed by atoms with Crippen LogP contribution in [0.5, 0.6) is 0 Å². The van der Waals surface area contributed by atoms with E-state index in [2.05, 4.69) is 6.92 Å². The van der Waals surface area contributed by atoms with E-state index in [1.807, 2.05) is 0 Å². The minimum atomic E-state index is -0.813. The summed E-state index contributed by atoms with van der Waals surface area (Å²) in [6, 6.07) is 0. The molecule has 0 heterocycles. The van der Waals surface area contributed by atoms with Gasteiger partial charge in [-0.05, 0) is 17.9 Å². The summed E-state index contributed by atoms with van der Waals surface area (Å²) in [5.74, 6) is 1.17. The van der Waals surface area contributed by atoms with Crippen LogP contribution in [0.15, 0.2) is 0 Å².